The molecule has 2 aromatic carbocycles. The molecule has 3 rings (SSSR count). The first-order valence-corrected chi connectivity index (χ1v) is 7.95. The molecule has 1 fully saturated rings. The van der Waals surface area contributed by atoms with Crippen molar-refractivity contribution in [2.24, 2.45) is 0 Å². The fourth-order valence-corrected chi connectivity index (χ4v) is 3.32. The zero-order chi connectivity index (χ0) is 14.7. The van der Waals surface area contributed by atoms with Gasteiger partial charge >= 0.3 is 0 Å². The van der Waals surface area contributed by atoms with Crippen molar-refractivity contribution < 1.29 is 0 Å². The molecule has 0 amide bonds. The monoisotopic (exact) mass is 300 g/mol. The molecule has 0 spiro atoms. The largest absolute Gasteiger partial charge is 0.367 e. The molecule has 2 nitrogen and oxygen atoms in total. The predicted molar refractivity (Wildman–Crippen MR) is 91.6 cm³/mol. The second-order valence-electron chi connectivity index (χ2n) is 5.87. The first-order valence-electron chi connectivity index (χ1n) is 7.42. The van der Waals surface area contributed by atoms with Gasteiger partial charge in [0, 0.05) is 36.9 Å². The van der Waals surface area contributed by atoms with E-state index in [1.165, 1.54) is 11.4 Å². The molecule has 110 valence electrons. The summed E-state index contributed by atoms with van der Waals surface area (Å²) in [5.74, 6) is 0.616. The number of benzene rings is 2. The second kappa shape index (κ2) is 5.98. The molecule has 1 aliphatic heterocycles. The molecule has 0 saturated carbocycles. The lowest BCUT2D eigenvalue weighted by molar-refractivity contribution is 0.420. The van der Waals surface area contributed by atoms with Crippen molar-refractivity contribution in [1.29, 1.82) is 0 Å². The summed E-state index contributed by atoms with van der Waals surface area (Å²) in [5.41, 5.74) is 2.48. The van der Waals surface area contributed by atoms with Gasteiger partial charge in [-0.2, -0.15) is 0 Å². The van der Waals surface area contributed by atoms with Crippen LogP contribution in [0.1, 0.15) is 6.92 Å². The number of piperazine rings is 1. The summed E-state index contributed by atoms with van der Waals surface area (Å²) < 4.78 is 0. The highest BCUT2D eigenvalue weighted by Gasteiger charge is 2.37. The summed E-state index contributed by atoms with van der Waals surface area (Å²) >= 11 is 6.35. The highest BCUT2D eigenvalue weighted by atomic mass is 35.5. The lowest BCUT2D eigenvalue weighted by Crippen LogP contribution is -2.62. The highest BCUT2D eigenvalue weighted by molar-refractivity contribution is 6.19. The smallest absolute Gasteiger partial charge is 0.0684 e. The Morgan fingerprint density at radius 3 is 2.05 bits per heavy atom. The van der Waals surface area contributed by atoms with Gasteiger partial charge in [-0.15, -0.1) is 11.6 Å². The van der Waals surface area contributed by atoms with Gasteiger partial charge in [0.2, 0.25) is 0 Å². The normalized spacial score (nSPS) is 22.4. The Kier molecular flexibility index (Phi) is 4.07. The van der Waals surface area contributed by atoms with Crippen LogP contribution in [0.4, 0.5) is 11.4 Å². The van der Waals surface area contributed by atoms with E-state index in [-0.39, 0.29) is 5.54 Å². The summed E-state index contributed by atoms with van der Waals surface area (Å²) in [4.78, 5) is 4.88. The molecule has 0 aromatic heterocycles. The minimum Gasteiger partial charge on any atom is -0.367 e. The van der Waals surface area contributed by atoms with Gasteiger partial charge in [0.15, 0.2) is 0 Å². The molecule has 21 heavy (non-hydrogen) atoms. The van der Waals surface area contributed by atoms with Crippen molar-refractivity contribution in [1.82, 2.24) is 0 Å². The molecule has 0 radical (unpaired) electrons. The molecule has 0 aliphatic carbocycles. The van der Waals surface area contributed by atoms with Crippen LogP contribution in [0.2, 0.25) is 0 Å². The quantitative estimate of drug-likeness (QED) is 0.790. The van der Waals surface area contributed by atoms with Gasteiger partial charge in [-0.25, -0.2) is 0 Å². The predicted octanol–water partition coefficient (Wildman–Crippen LogP) is 4.01. The molecular formula is C18H21ClN2. The summed E-state index contributed by atoms with van der Waals surface area (Å²) in [5, 5.41) is 0. The Bertz CT molecular complexity index is 572. The number of hydrogen-bond acceptors (Lipinski definition) is 2. The van der Waals surface area contributed by atoms with Crippen LogP contribution in [0.5, 0.6) is 0 Å². The lowest BCUT2D eigenvalue weighted by Gasteiger charge is -2.50. The maximum atomic E-state index is 6.35. The standard InChI is InChI=1S/C18H21ClN2/c1-18(14-19)15-20(16-8-4-2-5-9-16)12-13-21(18)17-10-6-3-7-11-17/h2-11H,12-15H2,1H3. The Balaban J connectivity index is 1.85. The van der Waals surface area contributed by atoms with Crippen LogP contribution in [-0.4, -0.2) is 31.1 Å². The molecule has 0 N–H and O–H groups in total. The zero-order valence-corrected chi connectivity index (χ0v) is 13.1. The number of para-hydroxylation sites is 2. The maximum absolute atomic E-state index is 6.35. The van der Waals surface area contributed by atoms with Gasteiger partial charge in [0.1, 0.15) is 0 Å². The topological polar surface area (TPSA) is 6.48 Å². The fourth-order valence-electron chi connectivity index (χ4n) is 3.09. The van der Waals surface area contributed by atoms with E-state index in [0.29, 0.717) is 5.88 Å². The van der Waals surface area contributed by atoms with Gasteiger partial charge < -0.3 is 9.80 Å². The molecule has 0 bridgehead atoms. The van der Waals surface area contributed by atoms with Crippen molar-refractivity contribution in [2.45, 2.75) is 12.5 Å². The number of alkyl halides is 1. The summed E-state index contributed by atoms with van der Waals surface area (Å²) in [7, 11) is 0. The average Bonchev–Trinajstić information content (AvgIpc) is 2.56. The van der Waals surface area contributed by atoms with Gasteiger partial charge in [-0.3, -0.25) is 0 Å². The van der Waals surface area contributed by atoms with Crippen LogP contribution < -0.4 is 9.80 Å². The van der Waals surface area contributed by atoms with Crippen molar-refractivity contribution in [2.75, 3.05) is 35.3 Å². The number of halogens is 1. The Labute approximate surface area is 131 Å². The first-order chi connectivity index (χ1) is 10.2. The van der Waals surface area contributed by atoms with Crippen LogP contribution >= 0.6 is 11.6 Å². The van der Waals surface area contributed by atoms with Crippen LogP contribution in [0.15, 0.2) is 60.7 Å². The average molecular weight is 301 g/mol. The molecular weight excluding hydrogens is 280 g/mol. The summed E-state index contributed by atoms with van der Waals surface area (Å²) in [6, 6.07) is 21.2. The van der Waals surface area contributed by atoms with E-state index >= 15 is 0 Å². The summed E-state index contributed by atoms with van der Waals surface area (Å²) in [6.45, 7) is 5.20. The van der Waals surface area contributed by atoms with E-state index in [1.54, 1.807) is 0 Å². The van der Waals surface area contributed by atoms with E-state index < -0.39 is 0 Å². The third-order valence-corrected chi connectivity index (χ3v) is 4.83. The van der Waals surface area contributed by atoms with Gasteiger partial charge in [0.05, 0.1) is 5.54 Å². The zero-order valence-electron chi connectivity index (χ0n) is 12.4. The third kappa shape index (κ3) is 2.86. The number of rotatable bonds is 3. The van der Waals surface area contributed by atoms with Crippen LogP contribution in [0.25, 0.3) is 0 Å². The van der Waals surface area contributed by atoms with E-state index in [9.17, 15) is 0 Å². The Morgan fingerprint density at radius 2 is 1.48 bits per heavy atom. The van der Waals surface area contributed by atoms with E-state index in [2.05, 4.69) is 77.4 Å². The lowest BCUT2D eigenvalue weighted by atomic mass is 9.97. The van der Waals surface area contributed by atoms with Gasteiger partial charge in [-0.1, -0.05) is 36.4 Å². The number of nitrogens with zero attached hydrogens (tertiary/aromatic N) is 2. The molecule has 1 saturated heterocycles. The molecule has 1 atom stereocenters. The summed E-state index contributed by atoms with van der Waals surface area (Å²) in [6.07, 6.45) is 0. The van der Waals surface area contributed by atoms with Crippen molar-refractivity contribution in [3.63, 3.8) is 0 Å². The number of anilines is 2. The molecule has 1 aliphatic rings. The van der Waals surface area contributed by atoms with Crippen molar-refractivity contribution in [3.8, 4) is 0 Å². The molecule has 2 aromatic rings. The Morgan fingerprint density at radius 1 is 0.905 bits per heavy atom. The van der Waals surface area contributed by atoms with Crippen LogP contribution in [0, 0.1) is 0 Å². The van der Waals surface area contributed by atoms with E-state index in [4.69, 9.17) is 11.6 Å². The van der Waals surface area contributed by atoms with Crippen molar-refractivity contribution >= 4 is 23.0 Å². The highest BCUT2D eigenvalue weighted by Crippen LogP contribution is 2.31. The van der Waals surface area contributed by atoms with Crippen molar-refractivity contribution in [3.05, 3.63) is 60.7 Å². The molecule has 1 heterocycles. The second-order valence-corrected chi connectivity index (χ2v) is 6.14. The van der Waals surface area contributed by atoms with Crippen LogP contribution in [-0.2, 0) is 0 Å². The molecule has 3 heteroatoms. The first kappa shape index (κ1) is 14.3. The van der Waals surface area contributed by atoms with Gasteiger partial charge in [0.25, 0.3) is 0 Å². The fraction of sp³-hybridized carbons (Fsp3) is 0.333. The minimum absolute atomic E-state index is 0.0585. The van der Waals surface area contributed by atoms with Crippen LogP contribution in [0.3, 0.4) is 0 Å². The molecule has 1 unspecified atom stereocenters. The van der Waals surface area contributed by atoms with E-state index in [0.717, 1.165) is 19.6 Å². The number of hydrogen-bond donors (Lipinski definition) is 0. The SMILES string of the molecule is CC1(CCl)CN(c2ccccc2)CCN1c1ccccc1. The van der Waals surface area contributed by atoms with E-state index in [1.807, 2.05) is 0 Å². The maximum Gasteiger partial charge on any atom is 0.0684 e. The Hall–Kier alpha value is -1.67. The minimum atomic E-state index is -0.0585. The third-order valence-electron chi connectivity index (χ3n) is 4.25. The van der Waals surface area contributed by atoms with Gasteiger partial charge in [-0.05, 0) is 31.2 Å².